The van der Waals surface area contributed by atoms with Crippen LogP contribution in [0.15, 0.2) is 24.5 Å². The van der Waals surface area contributed by atoms with Crippen molar-refractivity contribution in [2.45, 2.75) is 13.3 Å². The average molecular weight is 322 g/mol. The van der Waals surface area contributed by atoms with Gasteiger partial charge in [-0.2, -0.15) is 5.10 Å². The van der Waals surface area contributed by atoms with Crippen LogP contribution in [0.25, 0.3) is 5.52 Å². The van der Waals surface area contributed by atoms with E-state index in [-0.39, 0.29) is 17.6 Å². The number of aryl methyl sites for hydroxylation is 1. The molecule has 8 heteroatoms. The topological polar surface area (TPSA) is 97.8 Å². The van der Waals surface area contributed by atoms with Crippen LogP contribution in [0.2, 0.25) is 0 Å². The normalized spacial score (nSPS) is 19.0. The number of hydrogen-bond acceptors (Lipinski definition) is 4. The smallest absolute Gasteiger partial charge is 0.257 e. The fraction of sp³-hybridized carbons (Fsp3) is 0.429. The van der Waals surface area contributed by atoms with Gasteiger partial charge in [0, 0.05) is 19.3 Å². The van der Waals surface area contributed by atoms with Gasteiger partial charge >= 0.3 is 0 Å². The molecule has 1 atom stereocenters. The quantitative estimate of drug-likeness (QED) is 0.884. The standard InChI is InChI=1S/C14H18N4O3S/c1-10-2-3-13-12(6-16-18(13)7-10)14(19)17-5-4-11(8-17)9-22(15,20)21/h2-3,6-7,11H,4-5,8-9H2,1H3,(H2,15,20,21). The number of primary sulfonamides is 1. The van der Waals surface area contributed by atoms with Crippen LogP contribution in [0.3, 0.4) is 0 Å². The summed E-state index contributed by atoms with van der Waals surface area (Å²) in [5, 5.41) is 9.28. The van der Waals surface area contributed by atoms with Gasteiger partial charge in [0.1, 0.15) is 0 Å². The predicted molar refractivity (Wildman–Crippen MR) is 81.9 cm³/mol. The first kappa shape index (κ1) is 15.0. The van der Waals surface area contributed by atoms with Gasteiger partial charge in [0.25, 0.3) is 5.91 Å². The van der Waals surface area contributed by atoms with E-state index < -0.39 is 10.0 Å². The maximum Gasteiger partial charge on any atom is 0.257 e. The van der Waals surface area contributed by atoms with E-state index in [2.05, 4.69) is 5.10 Å². The van der Waals surface area contributed by atoms with Gasteiger partial charge in [-0.05, 0) is 30.9 Å². The minimum absolute atomic E-state index is 0.0786. The Morgan fingerprint density at radius 2 is 2.23 bits per heavy atom. The monoisotopic (exact) mass is 322 g/mol. The van der Waals surface area contributed by atoms with Gasteiger partial charge in [-0.15, -0.1) is 0 Å². The lowest BCUT2D eigenvalue weighted by molar-refractivity contribution is 0.0790. The van der Waals surface area contributed by atoms with Crippen molar-refractivity contribution in [2.24, 2.45) is 11.1 Å². The van der Waals surface area contributed by atoms with Crippen LogP contribution in [0.5, 0.6) is 0 Å². The molecule has 0 bridgehead atoms. The van der Waals surface area contributed by atoms with E-state index in [9.17, 15) is 13.2 Å². The van der Waals surface area contributed by atoms with Crippen molar-refractivity contribution >= 4 is 21.4 Å². The second-order valence-electron chi connectivity index (χ2n) is 5.83. The van der Waals surface area contributed by atoms with E-state index in [0.29, 0.717) is 25.1 Å². The van der Waals surface area contributed by atoms with Gasteiger partial charge in [-0.3, -0.25) is 4.79 Å². The highest BCUT2D eigenvalue weighted by atomic mass is 32.2. The predicted octanol–water partition coefficient (Wildman–Crippen LogP) is 0.393. The van der Waals surface area contributed by atoms with Crippen LogP contribution in [0.1, 0.15) is 22.3 Å². The Kier molecular flexibility index (Phi) is 3.65. The van der Waals surface area contributed by atoms with Crippen molar-refractivity contribution in [3.63, 3.8) is 0 Å². The van der Waals surface area contributed by atoms with Crippen molar-refractivity contribution in [3.8, 4) is 0 Å². The SMILES string of the molecule is Cc1ccc2c(C(=O)N3CCC(CS(N)(=O)=O)C3)cnn2c1. The number of amides is 1. The highest BCUT2D eigenvalue weighted by molar-refractivity contribution is 7.89. The van der Waals surface area contributed by atoms with Gasteiger partial charge < -0.3 is 4.90 Å². The highest BCUT2D eigenvalue weighted by Gasteiger charge is 2.30. The number of hydrogen-bond donors (Lipinski definition) is 1. The lowest BCUT2D eigenvalue weighted by Crippen LogP contribution is -2.30. The second-order valence-corrected chi connectivity index (χ2v) is 7.49. The van der Waals surface area contributed by atoms with Crippen molar-refractivity contribution in [1.82, 2.24) is 14.5 Å². The highest BCUT2D eigenvalue weighted by Crippen LogP contribution is 2.21. The fourth-order valence-electron chi connectivity index (χ4n) is 2.90. The number of nitrogens with two attached hydrogens (primary N) is 1. The molecule has 1 aliphatic rings. The summed E-state index contributed by atoms with van der Waals surface area (Å²) >= 11 is 0. The van der Waals surface area contributed by atoms with E-state index in [1.165, 1.54) is 0 Å². The summed E-state index contributed by atoms with van der Waals surface area (Å²) in [6.07, 6.45) is 4.07. The number of likely N-dealkylation sites (tertiary alicyclic amines) is 1. The first-order valence-corrected chi connectivity index (χ1v) is 8.79. The van der Waals surface area contributed by atoms with Crippen LogP contribution >= 0.6 is 0 Å². The number of carbonyl (C=O) groups excluding carboxylic acids is 1. The van der Waals surface area contributed by atoms with Gasteiger partial charge in [0.15, 0.2) is 0 Å². The molecule has 1 saturated heterocycles. The van der Waals surface area contributed by atoms with E-state index in [0.717, 1.165) is 11.1 Å². The van der Waals surface area contributed by atoms with Crippen molar-refractivity contribution in [1.29, 1.82) is 0 Å². The Labute approximate surface area is 128 Å². The number of pyridine rings is 1. The molecule has 0 radical (unpaired) electrons. The number of aromatic nitrogens is 2. The van der Waals surface area contributed by atoms with E-state index >= 15 is 0 Å². The molecule has 1 amide bonds. The Hall–Kier alpha value is -1.93. The van der Waals surface area contributed by atoms with Crippen molar-refractivity contribution < 1.29 is 13.2 Å². The van der Waals surface area contributed by atoms with Crippen LogP contribution in [-0.4, -0.2) is 47.7 Å². The Morgan fingerprint density at radius 3 is 2.95 bits per heavy atom. The molecule has 7 nitrogen and oxygen atoms in total. The molecule has 1 unspecified atom stereocenters. The summed E-state index contributed by atoms with van der Waals surface area (Å²) in [6.45, 7) is 2.92. The first-order chi connectivity index (χ1) is 10.3. The van der Waals surface area contributed by atoms with Crippen LogP contribution in [0, 0.1) is 12.8 Å². The molecular formula is C14H18N4O3S. The minimum Gasteiger partial charge on any atom is -0.338 e. The molecule has 118 valence electrons. The third-order valence-corrected chi connectivity index (χ3v) is 4.87. The second kappa shape index (κ2) is 5.36. The maximum atomic E-state index is 12.6. The van der Waals surface area contributed by atoms with E-state index in [1.54, 1.807) is 15.6 Å². The molecular weight excluding hydrogens is 304 g/mol. The molecule has 0 spiro atoms. The molecule has 0 aromatic carbocycles. The summed E-state index contributed by atoms with van der Waals surface area (Å²) in [5.41, 5.74) is 2.35. The molecule has 2 aromatic heterocycles. The van der Waals surface area contributed by atoms with Gasteiger partial charge in [-0.1, -0.05) is 6.07 Å². The molecule has 3 heterocycles. The minimum atomic E-state index is -3.50. The molecule has 0 aliphatic carbocycles. The molecule has 1 aliphatic heterocycles. The maximum absolute atomic E-state index is 12.6. The van der Waals surface area contributed by atoms with Crippen LogP contribution in [-0.2, 0) is 10.0 Å². The van der Waals surface area contributed by atoms with Gasteiger partial charge in [0.2, 0.25) is 10.0 Å². The molecule has 1 fully saturated rings. The third-order valence-electron chi connectivity index (χ3n) is 3.94. The molecule has 2 aromatic rings. The number of fused-ring (bicyclic) bond motifs is 1. The number of rotatable bonds is 3. The number of nitrogens with zero attached hydrogens (tertiary/aromatic N) is 3. The summed E-state index contributed by atoms with van der Waals surface area (Å²) in [6, 6.07) is 3.80. The van der Waals surface area contributed by atoms with Crippen molar-refractivity contribution in [3.05, 3.63) is 35.7 Å². The summed E-state index contributed by atoms with van der Waals surface area (Å²) in [4.78, 5) is 14.3. The molecule has 22 heavy (non-hydrogen) atoms. The third kappa shape index (κ3) is 2.97. The van der Waals surface area contributed by atoms with Crippen LogP contribution < -0.4 is 5.14 Å². The fourth-order valence-corrected chi connectivity index (χ4v) is 3.83. The van der Waals surface area contributed by atoms with Gasteiger partial charge in [0.05, 0.1) is 23.0 Å². The van der Waals surface area contributed by atoms with Gasteiger partial charge in [-0.25, -0.2) is 18.1 Å². The average Bonchev–Trinajstić information content (AvgIpc) is 3.02. The lowest BCUT2D eigenvalue weighted by Gasteiger charge is -2.15. The van der Waals surface area contributed by atoms with Crippen LogP contribution in [0.4, 0.5) is 0 Å². The molecule has 3 rings (SSSR count). The Bertz CT molecular complexity index is 828. The number of sulfonamides is 1. The Morgan fingerprint density at radius 1 is 1.45 bits per heavy atom. The summed E-state index contributed by atoms with van der Waals surface area (Å²) in [5.74, 6) is -0.288. The molecule has 0 saturated carbocycles. The Balaban J connectivity index is 1.79. The van der Waals surface area contributed by atoms with E-state index in [1.807, 2.05) is 25.3 Å². The summed E-state index contributed by atoms with van der Waals surface area (Å²) < 4.78 is 24.0. The van der Waals surface area contributed by atoms with Crippen molar-refractivity contribution in [2.75, 3.05) is 18.8 Å². The zero-order chi connectivity index (χ0) is 15.9. The van der Waals surface area contributed by atoms with E-state index in [4.69, 9.17) is 5.14 Å². The zero-order valence-corrected chi connectivity index (χ0v) is 13.1. The number of carbonyl (C=O) groups is 1. The molecule has 2 N–H and O–H groups in total. The summed E-state index contributed by atoms with van der Waals surface area (Å²) in [7, 11) is -3.50. The lowest BCUT2D eigenvalue weighted by atomic mass is 10.2. The zero-order valence-electron chi connectivity index (χ0n) is 12.3. The largest absolute Gasteiger partial charge is 0.338 e. The first-order valence-electron chi connectivity index (χ1n) is 7.07.